The highest BCUT2D eigenvalue weighted by molar-refractivity contribution is 7.10. The van der Waals surface area contributed by atoms with Gasteiger partial charge in [-0.3, -0.25) is 14.4 Å². The topological polar surface area (TPSA) is 159 Å². The molecule has 3 amide bonds. The zero-order valence-electron chi connectivity index (χ0n) is 21.0. The second kappa shape index (κ2) is 12.2. The first kappa shape index (κ1) is 27.4. The molecule has 3 aromatic rings. The van der Waals surface area contributed by atoms with E-state index in [2.05, 4.69) is 9.69 Å². The molecule has 1 fully saturated rings. The van der Waals surface area contributed by atoms with Crippen LogP contribution in [0.15, 0.2) is 35.7 Å². The van der Waals surface area contributed by atoms with Crippen molar-refractivity contribution >= 4 is 46.3 Å². The average molecular weight is 560 g/mol. The number of rotatable bonds is 11. The number of amides is 3. The molecule has 0 spiro atoms. The van der Waals surface area contributed by atoms with Crippen LogP contribution in [0.25, 0.3) is 0 Å². The highest BCUT2D eigenvalue weighted by Gasteiger charge is 2.36. The van der Waals surface area contributed by atoms with Crippen LogP contribution >= 0.6 is 22.9 Å². The number of nitrogens with zero attached hydrogens (tertiary/aromatic N) is 2. The summed E-state index contributed by atoms with van der Waals surface area (Å²) in [5.41, 5.74) is 11.7. The van der Waals surface area contributed by atoms with Gasteiger partial charge in [-0.15, -0.1) is 11.3 Å². The normalized spacial score (nSPS) is 15.6. The standard InChI is InChI=1S/C25H29N5O6S2/c1-34-17-8-7-14(11-18(17)35-2)21(24(32)28-12-15-5-3-9-36-15)30(13-16-6-4-10-37-16)25(33)22-19(26)20(23(27)31)29-38-22/h4,6-8,10-11,15,21H,3,5,9,12-13,26H2,1-2H3,(H2,27,31)(H,28,32)/t15-,21+/m1/s1. The van der Waals surface area contributed by atoms with Gasteiger partial charge in [-0.1, -0.05) is 12.1 Å². The molecule has 202 valence electrons. The fourth-order valence-corrected chi connectivity index (χ4v) is 5.69. The molecule has 38 heavy (non-hydrogen) atoms. The van der Waals surface area contributed by atoms with Crippen molar-refractivity contribution in [2.45, 2.75) is 31.5 Å². The number of hydrogen-bond donors (Lipinski definition) is 3. The van der Waals surface area contributed by atoms with Crippen molar-refractivity contribution in [3.63, 3.8) is 0 Å². The van der Waals surface area contributed by atoms with Gasteiger partial charge in [0.2, 0.25) is 5.91 Å². The summed E-state index contributed by atoms with van der Waals surface area (Å²) in [4.78, 5) is 41.8. The maximum absolute atomic E-state index is 14.0. The molecule has 0 radical (unpaired) electrons. The molecular weight excluding hydrogens is 530 g/mol. The summed E-state index contributed by atoms with van der Waals surface area (Å²) in [5, 5.41) is 4.83. The van der Waals surface area contributed by atoms with Gasteiger partial charge >= 0.3 is 0 Å². The molecule has 0 saturated carbocycles. The Kier molecular flexibility index (Phi) is 8.81. The highest BCUT2D eigenvalue weighted by atomic mass is 32.1. The van der Waals surface area contributed by atoms with Crippen LogP contribution in [0.2, 0.25) is 0 Å². The molecule has 3 heterocycles. The molecular formula is C25H29N5O6S2. The number of carbonyl (C=O) groups excluding carboxylic acids is 3. The Morgan fingerprint density at radius 2 is 2.03 bits per heavy atom. The number of benzene rings is 1. The summed E-state index contributed by atoms with van der Waals surface area (Å²) in [6.45, 7) is 1.06. The number of nitrogens with one attached hydrogen (secondary N) is 1. The van der Waals surface area contributed by atoms with Gasteiger partial charge in [0.05, 0.1) is 32.6 Å². The van der Waals surface area contributed by atoms with E-state index in [1.807, 2.05) is 17.5 Å². The molecule has 1 aliphatic rings. The largest absolute Gasteiger partial charge is 0.493 e. The Labute approximate surface area is 227 Å². The summed E-state index contributed by atoms with van der Waals surface area (Å²) in [5.74, 6) is -0.931. The van der Waals surface area contributed by atoms with Gasteiger partial charge in [0.1, 0.15) is 10.9 Å². The predicted molar refractivity (Wildman–Crippen MR) is 144 cm³/mol. The molecule has 4 rings (SSSR count). The molecule has 0 bridgehead atoms. The summed E-state index contributed by atoms with van der Waals surface area (Å²) in [6.07, 6.45) is 1.67. The lowest BCUT2D eigenvalue weighted by Gasteiger charge is -2.31. The van der Waals surface area contributed by atoms with Crippen LogP contribution in [-0.4, -0.2) is 60.5 Å². The fraction of sp³-hybridized carbons (Fsp3) is 0.360. The van der Waals surface area contributed by atoms with Crippen molar-refractivity contribution in [3.8, 4) is 11.5 Å². The quantitative estimate of drug-likeness (QED) is 0.323. The van der Waals surface area contributed by atoms with Crippen LogP contribution < -0.4 is 26.3 Å². The van der Waals surface area contributed by atoms with Crippen LogP contribution in [0.4, 0.5) is 5.69 Å². The van der Waals surface area contributed by atoms with Gasteiger partial charge in [-0.2, -0.15) is 4.37 Å². The Morgan fingerprint density at radius 1 is 1.24 bits per heavy atom. The second-order valence-corrected chi connectivity index (χ2v) is 10.4. The molecule has 1 saturated heterocycles. The maximum Gasteiger partial charge on any atom is 0.270 e. The molecule has 2 atom stereocenters. The van der Waals surface area contributed by atoms with Gasteiger partial charge in [0.25, 0.3) is 11.8 Å². The second-order valence-electron chi connectivity index (χ2n) is 8.55. The van der Waals surface area contributed by atoms with E-state index in [0.29, 0.717) is 30.2 Å². The Balaban J connectivity index is 1.78. The number of nitrogen functional groups attached to an aromatic ring is 1. The van der Waals surface area contributed by atoms with Gasteiger partial charge in [0, 0.05) is 18.0 Å². The number of carbonyl (C=O) groups is 3. The van der Waals surface area contributed by atoms with Gasteiger partial charge in [-0.05, 0) is 53.5 Å². The number of thiophene rings is 1. The third-order valence-electron chi connectivity index (χ3n) is 6.13. The first-order valence-electron chi connectivity index (χ1n) is 11.8. The van der Waals surface area contributed by atoms with E-state index in [1.54, 1.807) is 18.2 Å². The van der Waals surface area contributed by atoms with Crippen molar-refractivity contribution in [2.75, 3.05) is 33.1 Å². The molecule has 0 unspecified atom stereocenters. The van der Waals surface area contributed by atoms with Crippen LogP contribution in [0.5, 0.6) is 11.5 Å². The smallest absolute Gasteiger partial charge is 0.270 e. The number of anilines is 1. The molecule has 5 N–H and O–H groups in total. The van der Waals surface area contributed by atoms with Gasteiger partial charge in [0.15, 0.2) is 17.2 Å². The van der Waals surface area contributed by atoms with Gasteiger partial charge in [-0.25, -0.2) is 0 Å². The van der Waals surface area contributed by atoms with E-state index in [9.17, 15) is 14.4 Å². The van der Waals surface area contributed by atoms with E-state index < -0.39 is 23.8 Å². The van der Waals surface area contributed by atoms with E-state index in [4.69, 9.17) is 25.7 Å². The minimum atomic E-state index is -1.08. The van der Waals surface area contributed by atoms with Crippen molar-refractivity contribution in [1.29, 1.82) is 0 Å². The number of ether oxygens (including phenoxy) is 3. The van der Waals surface area contributed by atoms with E-state index in [0.717, 1.165) is 29.3 Å². The molecule has 11 nitrogen and oxygen atoms in total. The first-order valence-corrected chi connectivity index (χ1v) is 13.5. The number of aromatic nitrogens is 1. The van der Waals surface area contributed by atoms with Crippen molar-refractivity contribution in [2.24, 2.45) is 5.73 Å². The van der Waals surface area contributed by atoms with E-state index >= 15 is 0 Å². The van der Waals surface area contributed by atoms with Gasteiger partial charge < -0.3 is 35.9 Å². The number of methoxy groups -OCH3 is 2. The first-order chi connectivity index (χ1) is 18.3. The molecule has 1 aliphatic heterocycles. The summed E-state index contributed by atoms with van der Waals surface area (Å²) in [6, 6.07) is 7.69. The van der Waals surface area contributed by atoms with Crippen molar-refractivity contribution in [1.82, 2.24) is 14.6 Å². The van der Waals surface area contributed by atoms with E-state index in [1.165, 1.54) is 30.5 Å². The van der Waals surface area contributed by atoms with Crippen molar-refractivity contribution in [3.05, 3.63) is 56.7 Å². The van der Waals surface area contributed by atoms with E-state index in [-0.39, 0.29) is 28.9 Å². The summed E-state index contributed by atoms with van der Waals surface area (Å²) < 4.78 is 20.5. The lowest BCUT2D eigenvalue weighted by molar-refractivity contribution is -0.126. The third kappa shape index (κ3) is 5.90. The molecule has 2 aromatic heterocycles. The fourth-order valence-electron chi connectivity index (χ4n) is 4.22. The maximum atomic E-state index is 14.0. The molecule has 0 aliphatic carbocycles. The average Bonchev–Trinajstić information content (AvgIpc) is 3.69. The van der Waals surface area contributed by atoms with Crippen LogP contribution in [0, 0.1) is 0 Å². The zero-order valence-corrected chi connectivity index (χ0v) is 22.6. The Morgan fingerprint density at radius 3 is 2.63 bits per heavy atom. The van der Waals surface area contributed by atoms with Crippen molar-refractivity contribution < 1.29 is 28.6 Å². The summed E-state index contributed by atoms with van der Waals surface area (Å²) in [7, 11) is 3.00. The number of primary amides is 1. The van der Waals surface area contributed by atoms with Crippen LogP contribution in [-0.2, 0) is 16.1 Å². The predicted octanol–water partition coefficient (Wildman–Crippen LogP) is 2.58. The molecule has 1 aromatic carbocycles. The van der Waals surface area contributed by atoms with Crippen LogP contribution in [0.3, 0.4) is 0 Å². The number of hydrogen-bond acceptors (Lipinski definition) is 10. The SMILES string of the molecule is COc1ccc([C@@H](C(=O)NC[C@H]2CCCO2)N(Cc2cccs2)C(=O)c2snc(C(N)=O)c2N)cc1OC. The lowest BCUT2D eigenvalue weighted by atomic mass is 10.0. The monoisotopic (exact) mass is 559 g/mol. The third-order valence-corrected chi connectivity index (χ3v) is 7.85. The van der Waals surface area contributed by atoms with Crippen LogP contribution in [0.1, 0.15) is 49.5 Å². The minimum absolute atomic E-state index is 0.0211. The number of nitrogens with two attached hydrogens (primary N) is 2. The Bertz CT molecular complexity index is 1290. The highest BCUT2D eigenvalue weighted by Crippen LogP contribution is 2.35. The summed E-state index contributed by atoms with van der Waals surface area (Å²) >= 11 is 2.21. The molecule has 13 heteroatoms. The lowest BCUT2D eigenvalue weighted by Crippen LogP contribution is -2.45. The minimum Gasteiger partial charge on any atom is -0.493 e. The zero-order chi connectivity index (χ0) is 27.2. The Hall–Kier alpha value is -3.68.